The third-order valence-corrected chi connectivity index (χ3v) is 13.8. The number of quaternary nitrogens is 1. The Labute approximate surface area is 416 Å². The maximum atomic E-state index is 12.9. The lowest BCUT2D eigenvalue weighted by molar-refractivity contribution is -0.870. The SMILES string of the molecule is CC/C=C\C/C=C\C/C=C\CCCCCC(=O)NC(COP(=O)([O-])OCC[N+](C)(C)C)C(O)/C=C/CCCCCCCCCCCCCCCCCCCCCCCCCCCCCCCC. The molecule has 394 valence electrons. The number of hydrogen-bond donors (Lipinski definition) is 2. The first-order valence-corrected chi connectivity index (χ1v) is 30.0. The Bertz CT molecular complexity index is 1230. The second kappa shape index (κ2) is 49.4. The number of rotatable bonds is 52. The van der Waals surface area contributed by atoms with Gasteiger partial charge < -0.3 is 28.8 Å². The van der Waals surface area contributed by atoms with Gasteiger partial charge in [0.1, 0.15) is 13.2 Å². The summed E-state index contributed by atoms with van der Waals surface area (Å²) < 4.78 is 23.3. The van der Waals surface area contributed by atoms with Crippen LogP contribution in [0.5, 0.6) is 0 Å². The van der Waals surface area contributed by atoms with E-state index in [1.165, 1.54) is 180 Å². The summed E-state index contributed by atoms with van der Waals surface area (Å²) in [4.78, 5) is 25.4. The number of likely N-dealkylation sites (N-methyl/N-ethyl adjacent to an activating group) is 1. The van der Waals surface area contributed by atoms with Crippen molar-refractivity contribution in [1.29, 1.82) is 0 Å². The van der Waals surface area contributed by atoms with Crippen LogP contribution in [0.1, 0.15) is 264 Å². The van der Waals surface area contributed by atoms with Gasteiger partial charge in [-0.25, -0.2) is 0 Å². The van der Waals surface area contributed by atoms with Crippen LogP contribution in [0.3, 0.4) is 0 Å². The maximum Gasteiger partial charge on any atom is 0.268 e. The highest BCUT2D eigenvalue weighted by Gasteiger charge is 2.23. The summed E-state index contributed by atoms with van der Waals surface area (Å²) in [5.74, 6) is -0.225. The second-order valence-corrected chi connectivity index (χ2v) is 22.0. The molecule has 0 aromatic carbocycles. The Morgan fingerprint density at radius 2 is 0.910 bits per heavy atom. The van der Waals surface area contributed by atoms with Crippen LogP contribution in [0.15, 0.2) is 48.6 Å². The highest BCUT2D eigenvalue weighted by molar-refractivity contribution is 7.45. The Morgan fingerprint density at radius 1 is 0.537 bits per heavy atom. The fraction of sp³-hybridized carbons (Fsp3) is 0.845. The molecule has 0 rings (SSSR count). The molecule has 0 aliphatic rings. The number of allylic oxidation sites excluding steroid dienone is 7. The van der Waals surface area contributed by atoms with E-state index < -0.39 is 26.6 Å². The third kappa shape index (κ3) is 52.1. The first-order valence-electron chi connectivity index (χ1n) is 28.5. The molecule has 0 saturated carbocycles. The number of aliphatic hydroxyl groups is 1. The van der Waals surface area contributed by atoms with Crippen molar-refractivity contribution in [3.05, 3.63) is 48.6 Å². The molecule has 0 aliphatic carbocycles. The molecule has 0 fully saturated rings. The van der Waals surface area contributed by atoms with E-state index in [2.05, 4.69) is 55.6 Å². The fourth-order valence-corrected chi connectivity index (χ4v) is 9.07. The molecule has 9 heteroatoms. The number of aliphatic hydroxyl groups excluding tert-OH is 1. The van der Waals surface area contributed by atoms with Crippen molar-refractivity contribution in [3.63, 3.8) is 0 Å². The van der Waals surface area contributed by atoms with Crippen LogP contribution in [-0.4, -0.2) is 68.5 Å². The van der Waals surface area contributed by atoms with Gasteiger partial charge in [0, 0.05) is 6.42 Å². The topological polar surface area (TPSA) is 108 Å². The number of phosphoric acid groups is 1. The predicted octanol–water partition coefficient (Wildman–Crippen LogP) is 16.5. The molecule has 0 bridgehead atoms. The summed E-state index contributed by atoms with van der Waals surface area (Å²) in [6.45, 7) is 4.52. The van der Waals surface area contributed by atoms with Gasteiger partial charge in [-0.3, -0.25) is 9.36 Å². The van der Waals surface area contributed by atoms with Crippen LogP contribution in [-0.2, 0) is 18.4 Å². The molecule has 8 nitrogen and oxygen atoms in total. The van der Waals surface area contributed by atoms with E-state index in [9.17, 15) is 19.4 Å². The van der Waals surface area contributed by atoms with E-state index in [4.69, 9.17) is 9.05 Å². The number of amides is 1. The monoisotopic (exact) mass is 963 g/mol. The number of carbonyl (C=O) groups is 1. The summed E-state index contributed by atoms with van der Waals surface area (Å²) in [7, 11) is 1.24. The largest absolute Gasteiger partial charge is 0.756 e. The molecule has 0 aliphatic heterocycles. The van der Waals surface area contributed by atoms with Crippen LogP contribution in [0, 0.1) is 0 Å². The van der Waals surface area contributed by atoms with E-state index in [0.29, 0.717) is 17.4 Å². The van der Waals surface area contributed by atoms with Crippen molar-refractivity contribution < 1.29 is 32.9 Å². The van der Waals surface area contributed by atoms with Crippen molar-refractivity contribution in [2.24, 2.45) is 0 Å². The lowest BCUT2D eigenvalue weighted by Gasteiger charge is -2.29. The zero-order chi connectivity index (χ0) is 49.2. The van der Waals surface area contributed by atoms with Crippen LogP contribution in [0.25, 0.3) is 0 Å². The first kappa shape index (κ1) is 65.5. The number of hydrogen-bond acceptors (Lipinski definition) is 6. The molecule has 2 N–H and O–H groups in total. The predicted molar refractivity (Wildman–Crippen MR) is 288 cm³/mol. The highest BCUT2D eigenvalue weighted by Crippen LogP contribution is 2.38. The minimum atomic E-state index is -4.60. The quantitative estimate of drug-likeness (QED) is 0.0272. The summed E-state index contributed by atoms with van der Waals surface area (Å²) >= 11 is 0. The molecular formula is C58H111N2O6P. The van der Waals surface area contributed by atoms with E-state index in [1.54, 1.807) is 6.08 Å². The number of nitrogens with zero attached hydrogens (tertiary/aromatic N) is 1. The van der Waals surface area contributed by atoms with Crippen LogP contribution >= 0.6 is 7.82 Å². The van der Waals surface area contributed by atoms with Gasteiger partial charge in [-0.05, 0) is 51.4 Å². The zero-order valence-electron chi connectivity index (χ0n) is 44.9. The lowest BCUT2D eigenvalue weighted by atomic mass is 10.0. The van der Waals surface area contributed by atoms with E-state index in [0.717, 1.165) is 64.2 Å². The van der Waals surface area contributed by atoms with Crippen molar-refractivity contribution in [2.75, 3.05) is 40.9 Å². The molecule has 3 atom stereocenters. The van der Waals surface area contributed by atoms with Crippen molar-refractivity contribution in [3.8, 4) is 0 Å². The Morgan fingerprint density at radius 3 is 1.33 bits per heavy atom. The van der Waals surface area contributed by atoms with Crippen LogP contribution in [0.2, 0.25) is 0 Å². The smallest absolute Gasteiger partial charge is 0.268 e. The summed E-state index contributed by atoms with van der Waals surface area (Å²) in [6.07, 6.45) is 65.0. The highest BCUT2D eigenvalue weighted by atomic mass is 31.2. The molecule has 0 spiro atoms. The minimum Gasteiger partial charge on any atom is -0.756 e. The molecule has 1 amide bonds. The number of phosphoric ester groups is 1. The zero-order valence-corrected chi connectivity index (χ0v) is 45.7. The molecule has 0 heterocycles. The van der Waals surface area contributed by atoms with Gasteiger partial charge in [0.05, 0.1) is 39.9 Å². The molecular weight excluding hydrogens is 852 g/mol. The number of carbonyl (C=O) groups excluding carboxylic acids is 1. The van der Waals surface area contributed by atoms with Crippen molar-refractivity contribution >= 4 is 13.7 Å². The maximum absolute atomic E-state index is 12.9. The normalized spacial score (nSPS) is 14.3. The Hall–Kier alpha value is -1.54. The van der Waals surface area contributed by atoms with E-state index in [1.807, 2.05) is 27.2 Å². The molecule has 0 aromatic heterocycles. The number of unbranched alkanes of at least 4 members (excludes halogenated alkanes) is 33. The van der Waals surface area contributed by atoms with Gasteiger partial charge in [0.15, 0.2) is 0 Å². The molecule has 67 heavy (non-hydrogen) atoms. The molecule has 0 aromatic rings. The molecule has 3 unspecified atom stereocenters. The average molecular weight is 964 g/mol. The summed E-state index contributed by atoms with van der Waals surface area (Å²) in [6, 6.07) is -0.903. The van der Waals surface area contributed by atoms with Gasteiger partial charge >= 0.3 is 0 Å². The molecule has 0 saturated heterocycles. The third-order valence-electron chi connectivity index (χ3n) is 12.8. The number of nitrogens with one attached hydrogen (secondary N) is 1. The minimum absolute atomic E-state index is 0.00794. The van der Waals surface area contributed by atoms with Crippen molar-refractivity contribution in [1.82, 2.24) is 5.32 Å². The van der Waals surface area contributed by atoms with Gasteiger partial charge in [-0.15, -0.1) is 0 Å². The van der Waals surface area contributed by atoms with Gasteiger partial charge in [0.25, 0.3) is 7.82 Å². The van der Waals surface area contributed by atoms with Gasteiger partial charge in [0.2, 0.25) is 5.91 Å². The lowest BCUT2D eigenvalue weighted by Crippen LogP contribution is -2.45. The van der Waals surface area contributed by atoms with Gasteiger partial charge in [-0.1, -0.05) is 255 Å². The van der Waals surface area contributed by atoms with Gasteiger partial charge in [-0.2, -0.15) is 0 Å². The average Bonchev–Trinajstić information content (AvgIpc) is 3.29. The van der Waals surface area contributed by atoms with Crippen LogP contribution < -0.4 is 10.2 Å². The van der Waals surface area contributed by atoms with E-state index >= 15 is 0 Å². The molecule has 0 radical (unpaired) electrons. The summed E-state index contributed by atoms with van der Waals surface area (Å²) in [5, 5.41) is 13.8. The Kier molecular flexibility index (Phi) is 48.3. The standard InChI is InChI=1S/C58H111N2O6P/c1-6-8-10-12-14-16-18-20-21-22-23-24-25-26-27-28-29-30-31-32-33-34-35-36-37-38-40-41-43-45-47-49-51-57(61)56(55-66-67(63,64)65-54-53-60(3,4)5)59-58(62)52-50-48-46-44-42-39-19-17-15-13-11-9-7-2/h9,11,15,17,39,42,49,51,56-57,61H,6-8,10,12-14,16,18-38,40-41,43-48,50,52-55H2,1-5H3,(H-,59,62,63,64)/b11-9-,17-15-,42-39-,51-49+. The Balaban J connectivity index is 4.07. The first-order chi connectivity index (χ1) is 32.5. The second-order valence-electron chi connectivity index (χ2n) is 20.6. The summed E-state index contributed by atoms with van der Waals surface area (Å²) in [5.41, 5.74) is 0. The van der Waals surface area contributed by atoms with Crippen LogP contribution in [0.4, 0.5) is 0 Å². The van der Waals surface area contributed by atoms with E-state index in [-0.39, 0.29) is 12.5 Å². The fourth-order valence-electron chi connectivity index (χ4n) is 8.35. The van der Waals surface area contributed by atoms with Crippen molar-refractivity contribution in [2.45, 2.75) is 276 Å².